The number of hydrogen-bond donors (Lipinski definition) is 0. The fourth-order valence-electron chi connectivity index (χ4n) is 2.99. The summed E-state index contributed by atoms with van der Waals surface area (Å²) in [6.45, 7) is 7.02. The fraction of sp³-hybridized carbons (Fsp3) is 0.750. The van der Waals surface area contributed by atoms with Gasteiger partial charge in [0, 0.05) is 45.0 Å². The number of aromatic nitrogens is 2. The first-order chi connectivity index (χ1) is 10.7. The van der Waals surface area contributed by atoms with Gasteiger partial charge in [-0.3, -0.25) is 0 Å². The summed E-state index contributed by atoms with van der Waals surface area (Å²) in [5.41, 5.74) is 1.00. The van der Waals surface area contributed by atoms with Crippen LogP contribution in [0, 0.1) is 6.92 Å². The third-order valence-electron chi connectivity index (χ3n) is 4.27. The van der Waals surface area contributed by atoms with Crippen molar-refractivity contribution < 1.29 is 9.47 Å². The van der Waals surface area contributed by atoms with Gasteiger partial charge in [0.05, 0.1) is 19.3 Å². The van der Waals surface area contributed by atoms with Crippen LogP contribution in [0.4, 0.5) is 11.8 Å². The maximum Gasteiger partial charge on any atom is 0.227 e. The molecule has 0 radical (unpaired) electrons. The lowest BCUT2D eigenvalue weighted by atomic mass is 10.1. The highest BCUT2D eigenvalue weighted by molar-refractivity contribution is 5.45. The van der Waals surface area contributed by atoms with Crippen molar-refractivity contribution in [2.75, 3.05) is 56.3 Å². The van der Waals surface area contributed by atoms with Gasteiger partial charge >= 0.3 is 0 Å². The van der Waals surface area contributed by atoms with E-state index in [0.717, 1.165) is 63.3 Å². The number of ether oxygens (including phenoxy) is 2. The molecule has 0 saturated carbocycles. The Morgan fingerprint density at radius 3 is 2.77 bits per heavy atom. The first kappa shape index (κ1) is 15.5. The minimum Gasteiger partial charge on any atom is -0.378 e. The summed E-state index contributed by atoms with van der Waals surface area (Å²) in [4.78, 5) is 13.7. The molecule has 22 heavy (non-hydrogen) atoms. The third-order valence-corrected chi connectivity index (χ3v) is 4.27. The van der Waals surface area contributed by atoms with Gasteiger partial charge in [-0.2, -0.15) is 4.98 Å². The number of rotatable bonds is 4. The van der Waals surface area contributed by atoms with E-state index in [-0.39, 0.29) is 0 Å². The zero-order valence-corrected chi connectivity index (χ0v) is 13.6. The second-order valence-electron chi connectivity index (χ2n) is 6.14. The van der Waals surface area contributed by atoms with Crippen LogP contribution in [0.3, 0.4) is 0 Å². The second-order valence-corrected chi connectivity index (χ2v) is 6.14. The predicted octanol–water partition coefficient (Wildman–Crippen LogP) is 1.63. The van der Waals surface area contributed by atoms with Crippen molar-refractivity contribution in [2.24, 2.45) is 0 Å². The molecule has 2 aliphatic heterocycles. The molecule has 3 rings (SSSR count). The van der Waals surface area contributed by atoms with Crippen LogP contribution < -0.4 is 9.80 Å². The molecular formula is C16H26N4O2. The van der Waals surface area contributed by atoms with E-state index >= 15 is 0 Å². The van der Waals surface area contributed by atoms with Crippen LogP contribution in [-0.2, 0) is 9.47 Å². The van der Waals surface area contributed by atoms with Crippen molar-refractivity contribution in [3.05, 3.63) is 11.8 Å². The largest absolute Gasteiger partial charge is 0.378 e. The van der Waals surface area contributed by atoms with Crippen molar-refractivity contribution in [3.63, 3.8) is 0 Å². The summed E-state index contributed by atoms with van der Waals surface area (Å²) in [5, 5.41) is 0. The van der Waals surface area contributed by atoms with Gasteiger partial charge in [-0.05, 0) is 26.2 Å². The molecule has 0 amide bonds. The van der Waals surface area contributed by atoms with Crippen LogP contribution in [0.25, 0.3) is 0 Å². The Kier molecular flexibility index (Phi) is 5.10. The van der Waals surface area contributed by atoms with Crippen LogP contribution >= 0.6 is 0 Å². The molecule has 3 heterocycles. The van der Waals surface area contributed by atoms with Gasteiger partial charge in [-0.1, -0.05) is 0 Å². The van der Waals surface area contributed by atoms with Gasteiger partial charge in [0.2, 0.25) is 5.95 Å². The van der Waals surface area contributed by atoms with Crippen LogP contribution in [0.5, 0.6) is 0 Å². The molecule has 1 aromatic rings. The number of anilines is 2. The molecule has 0 bridgehead atoms. The maximum absolute atomic E-state index is 5.83. The third kappa shape index (κ3) is 3.87. The fourth-order valence-corrected chi connectivity index (χ4v) is 2.99. The first-order valence-corrected chi connectivity index (χ1v) is 8.23. The quantitative estimate of drug-likeness (QED) is 0.843. The summed E-state index contributed by atoms with van der Waals surface area (Å²) in [5.74, 6) is 1.79. The molecule has 6 heteroatoms. The minimum absolute atomic E-state index is 0.320. The van der Waals surface area contributed by atoms with Gasteiger partial charge in [-0.15, -0.1) is 0 Å². The summed E-state index contributed by atoms with van der Waals surface area (Å²) in [6.07, 6.45) is 3.92. The number of hydrogen-bond acceptors (Lipinski definition) is 6. The van der Waals surface area contributed by atoms with Crippen molar-refractivity contribution in [3.8, 4) is 0 Å². The van der Waals surface area contributed by atoms with E-state index in [4.69, 9.17) is 14.5 Å². The highest BCUT2D eigenvalue weighted by Gasteiger charge is 2.19. The Hall–Kier alpha value is -1.40. The maximum atomic E-state index is 5.83. The van der Waals surface area contributed by atoms with E-state index in [0.29, 0.717) is 6.10 Å². The Bertz CT molecular complexity index is 485. The molecule has 0 aromatic carbocycles. The molecule has 2 aliphatic rings. The molecular weight excluding hydrogens is 280 g/mol. The Balaban J connectivity index is 1.70. The predicted molar refractivity (Wildman–Crippen MR) is 86.7 cm³/mol. The van der Waals surface area contributed by atoms with E-state index in [9.17, 15) is 0 Å². The van der Waals surface area contributed by atoms with Crippen molar-refractivity contribution in [2.45, 2.75) is 32.3 Å². The molecule has 0 spiro atoms. The van der Waals surface area contributed by atoms with E-state index in [1.807, 2.05) is 13.0 Å². The average molecular weight is 306 g/mol. The lowest BCUT2D eigenvalue weighted by Crippen LogP contribution is -2.38. The topological polar surface area (TPSA) is 50.7 Å². The number of aryl methyl sites for hydroxylation is 1. The molecule has 0 unspecified atom stereocenters. The highest BCUT2D eigenvalue weighted by Crippen LogP contribution is 2.20. The molecule has 1 atom stereocenters. The van der Waals surface area contributed by atoms with Crippen LogP contribution in [0.2, 0.25) is 0 Å². The summed E-state index contributed by atoms with van der Waals surface area (Å²) in [7, 11) is 2.09. The molecule has 2 saturated heterocycles. The van der Waals surface area contributed by atoms with Gasteiger partial charge in [0.15, 0.2) is 0 Å². The lowest BCUT2D eigenvalue weighted by molar-refractivity contribution is 0.0215. The lowest BCUT2D eigenvalue weighted by Gasteiger charge is -2.30. The van der Waals surface area contributed by atoms with Gasteiger partial charge in [0.25, 0.3) is 0 Å². The molecule has 1 aromatic heterocycles. The average Bonchev–Trinajstić information content (AvgIpc) is 2.56. The minimum atomic E-state index is 0.320. The normalized spacial score (nSPS) is 22.6. The van der Waals surface area contributed by atoms with Crippen molar-refractivity contribution >= 4 is 11.8 Å². The smallest absolute Gasteiger partial charge is 0.227 e. The molecule has 0 N–H and O–H groups in total. The van der Waals surface area contributed by atoms with Crippen molar-refractivity contribution in [1.82, 2.24) is 9.97 Å². The number of morpholine rings is 1. The number of nitrogens with zero attached hydrogens (tertiary/aromatic N) is 4. The zero-order valence-electron chi connectivity index (χ0n) is 13.6. The molecule has 6 nitrogen and oxygen atoms in total. The van der Waals surface area contributed by atoms with Crippen LogP contribution in [0.1, 0.15) is 25.0 Å². The zero-order chi connectivity index (χ0) is 15.4. The SMILES string of the molecule is Cc1cc(N(C)C[C@H]2CCCCO2)nc(N2CCOCC2)n1. The molecule has 0 aliphatic carbocycles. The Morgan fingerprint density at radius 2 is 2.05 bits per heavy atom. The van der Waals surface area contributed by atoms with Crippen LogP contribution in [-0.4, -0.2) is 62.6 Å². The first-order valence-electron chi connectivity index (χ1n) is 8.23. The molecule has 2 fully saturated rings. The van der Waals surface area contributed by atoms with Crippen molar-refractivity contribution in [1.29, 1.82) is 0 Å². The van der Waals surface area contributed by atoms with E-state index in [1.165, 1.54) is 12.8 Å². The van der Waals surface area contributed by atoms with Gasteiger partial charge in [0.1, 0.15) is 5.82 Å². The van der Waals surface area contributed by atoms with E-state index in [1.54, 1.807) is 0 Å². The van der Waals surface area contributed by atoms with E-state index in [2.05, 4.69) is 21.8 Å². The monoisotopic (exact) mass is 306 g/mol. The summed E-state index contributed by atoms with van der Waals surface area (Å²) < 4.78 is 11.2. The van der Waals surface area contributed by atoms with Crippen LogP contribution in [0.15, 0.2) is 6.07 Å². The second kappa shape index (κ2) is 7.24. The van der Waals surface area contributed by atoms with Gasteiger partial charge < -0.3 is 19.3 Å². The number of likely N-dealkylation sites (N-methyl/N-ethyl adjacent to an activating group) is 1. The molecule has 122 valence electrons. The van der Waals surface area contributed by atoms with E-state index < -0.39 is 0 Å². The highest BCUT2D eigenvalue weighted by atomic mass is 16.5. The Labute approximate surface area is 132 Å². The summed E-state index contributed by atoms with van der Waals surface area (Å²) >= 11 is 0. The van der Waals surface area contributed by atoms with Gasteiger partial charge in [-0.25, -0.2) is 4.98 Å². The Morgan fingerprint density at radius 1 is 1.23 bits per heavy atom. The summed E-state index contributed by atoms with van der Waals surface area (Å²) in [6, 6.07) is 2.05. The standard InChI is InChI=1S/C16H26N4O2/c1-13-11-15(19(2)12-14-5-3-4-8-22-14)18-16(17-13)20-6-9-21-10-7-20/h11,14H,3-10,12H2,1-2H3/t14-/m1/s1.